The van der Waals surface area contributed by atoms with E-state index in [4.69, 9.17) is 6.42 Å². The largest absolute Gasteiger partial charge is 0.465 e. The fourth-order valence-corrected chi connectivity index (χ4v) is 5.43. The normalized spacial score (nSPS) is 25.7. The van der Waals surface area contributed by atoms with Gasteiger partial charge in [0.2, 0.25) is 0 Å². The number of carbonyl (C=O) groups is 1. The van der Waals surface area contributed by atoms with Crippen LogP contribution < -0.4 is 4.90 Å². The summed E-state index contributed by atoms with van der Waals surface area (Å²) in [5.74, 6) is 3.03. The summed E-state index contributed by atoms with van der Waals surface area (Å²) < 4.78 is 0. The monoisotopic (exact) mass is 457 g/mol. The van der Waals surface area contributed by atoms with Crippen LogP contribution in [-0.4, -0.2) is 46.6 Å². The minimum atomic E-state index is -0.988. The molecule has 1 amide bonds. The van der Waals surface area contributed by atoms with E-state index in [-0.39, 0.29) is 17.4 Å². The van der Waals surface area contributed by atoms with Crippen molar-refractivity contribution in [2.75, 3.05) is 18.0 Å². The van der Waals surface area contributed by atoms with Gasteiger partial charge in [-0.25, -0.2) is 9.79 Å². The number of aliphatic imine (C=N–C) groups is 1. The van der Waals surface area contributed by atoms with Crippen LogP contribution in [0.4, 0.5) is 10.5 Å². The minimum Gasteiger partial charge on any atom is -0.465 e. The summed E-state index contributed by atoms with van der Waals surface area (Å²) in [6.45, 7) is 7.13. The Morgan fingerprint density at radius 2 is 2.21 bits per heavy atom. The molecule has 176 valence electrons. The van der Waals surface area contributed by atoms with Gasteiger partial charge in [0.25, 0.3) is 0 Å². The molecule has 34 heavy (non-hydrogen) atoms. The number of amides is 1. The first-order valence-electron chi connectivity index (χ1n) is 11.7. The molecule has 0 aromatic carbocycles. The van der Waals surface area contributed by atoms with Crippen LogP contribution in [0.25, 0.3) is 0 Å². The zero-order valence-corrected chi connectivity index (χ0v) is 20.0. The van der Waals surface area contributed by atoms with E-state index in [1.807, 2.05) is 18.5 Å². The van der Waals surface area contributed by atoms with Gasteiger partial charge in [-0.2, -0.15) is 5.26 Å². The maximum atomic E-state index is 12.1. The van der Waals surface area contributed by atoms with Crippen molar-refractivity contribution in [3.63, 3.8) is 0 Å². The van der Waals surface area contributed by atoms with Gasteiger partial charge in [-0.05, 0) is 68.7 Å². The first-order valence-corrected chi connectivity index (χ1v) is 11.7. The molecule has 2 heterocycles. The predicted octanol–water partition coefficient (Wildman–Crippen LogP) is 4.73. The topological polar surface area (TPSA) is 92.8 Å². The summed E-state index contributed by atoms with van der Waals surface area (Å²) in [6, 6.07) is 5.77. The van der Waals surface area contributed by atoms with Crippen molar-refractivity contribution in [3.8, 4) is 18.4 Å². The Labute approximate surface area is 201 Å². The molecule has 1 fully saturated rings. The molecule has 1 N–H and O–H groups in total. The van der Waals surface area contributed by atoms with Gasteiger partial charge in [0.1, 0.15) is 6.04 Å². The Morgan fingerprint density at radius 1 is 1.41 bits per heavy atom. The van der Waals surface area contributed by atoms with Gasteiger partial charge in [0, 0.05) is 18.7 Å². The number of rotatable bonds is 6. The van der Waals surface area contributed by atoms with E-state index in [1.54, 1.807) is 32.2 Å². The Bertz CT molecular complexity index is 1140. The molecule has 2 unspecified atom stereocenters. The molecule has 4 rings (SSSR count). The zero-order valence-electron chi connectivity index (χ0n) is 20.0. The molecule has 1 aromatic heterocycles. The first kappa shape index (κ1) is 23.6. The van der Waals surface area contributed by atoms with Gasteiger partial charge in [-0.1, -0.05) is 19.3 Å². The molecule has 2 aliphatic carbocycles. The molecule has 0 bridgehead atoms. The second-order valence-electron chi connectivity index (χ2n) is 10.5. The third-order valence-corrected chi connectivity index (χ3v) is 7.25. The molecular formula is C27H31N5O2. The van der Waals surface area contributed by atoms with Crippen LogP contribution in [0.3, 0.4) is 0 Å². The highest BCUT2D eigenvalue weighted by Gasteiger charge is 2.39. The lowest BCUT2D eigenvalue weighted by atomic mass is 9.70. The van der Waals surface area contributed by atoms with Crippen molar-refractivity contribution in [2.24, 2.45) is 16.3 Å². The number of anilines is 1. The molecule has 3 aliphatic rings. The smallest absolute Gasteiger partial charge is 0.411 e. The first-order chi connectivity index (χ1) is 16.2. The van der Waals surface area contributed by atoms with Gasteiger partial charge in [-0.3, -0.25) is 9.88 Å². The fourth-order valence-electron chi connectivity index (χ4n) is 5.43. The van der Waals surface area contributed by atoms with Crippen LogP contribution >= 0.6 is 0 Å². The molecule has 7 heteroatoms. The maximum Gasteiger partial charge on any atom is 0.411 e. The van der Waals surface area contributed by atoms with Crippen molar-refractivity contribution in [1.82, 2.24) is 9.88 Å². The van der Waals surface area contributed by atoms with Crippen molar-refractivity contribution in [1.29, 1.82) is 5.26 Å². The van der Waals surface area contributed by atoms with Gasteiger partial charge < -0.3 is 10.0 Å². The van der Waals surface area contributed by atoms with Gasteiger partial charge in [-0.15, -0.1) is 6.42 Å². The summed E-state index contributed by atoms with van der Waals surface area (Å²) in [7, 11) is 0. The van der Waals surface area contributed by atoms with E-state index in [1.165, 1.54) is 4.90 Å². The van der Waals surface area contributed by atoms with Crippen molar-refractivity contribution in [3.05, 3.63) is 47.4 Å². The van der Waals surface area contributed by atoms with Crippen LogP contribution in [0.5, 0.6) is 0 Å². The molecule has 0 spiro atoms. The minimum absolute atomic E-state index is 0.0375. The summed E-state index contributed by atoms with van der Waals surface area (Å²) in [6.07, 6.45) is 16.2. The van der Waals surface area contributed by atoms with Crippen molar-refractivity contribution < 1.29 is 9.90 Å². The number of nitrogens with zero attached hydrogens (tertiary/aromatic N) is 5. The van der Waals surface area contributed by atoms with Crippen LogP contribution in [-0.2, 0) is 5.41 Å². The second kappa shape index (κ2) is 8.99. The highest BCUT2D eigenvalue weighted by atomic mass is 16.4. The number of hydrogen-bond donors (Lipinski definition) is 1. The Morgan fingerprint density at radius 3 is 2.85 bits per heavy atom. The van der Waals surface area contributed by atoms with E-state index in [9.17, 15) is 15.2 Å². The quantitative estimate of drug-likeness (QED) is 0.623. The average Bonchev–Trinajstić information content (AvgIpc) is 3.40. The summed E-state index contributed by atoms with van der Waals surface area (Å²) in [4.78, 5) is 24.7. The molecule has 1 saturated carbocycles. The van der Waals surface area contributed by atoms with E-state index >= 15 is 0 Å². The lowest BCUT2D eigenvalue weighted by Crippen LogP contribution is -2.44. The van der Waals surface area contributed by atoms with E-state index < -0.39 is 11.5 Å². The average molecular weight is 458 g/mol. The molecule has 0 radical (unpaired) electrons. The molecule has 1 aromatic rings. The third kappa shape index (κ3) is 4.56. The van der Waals surface area contributed by atoms with Crippen LogP contribution in [0.15, 0.2) is 46.7 Å². The number of nitriles is 1. The highest BCUT2D eigenvalue weighted by Crippen LogP contribution is 2.42. The fraction of sp³-hybridized carbons (Fsp3) is 0.481. The third-order valence-electron chi connectivity index (χ3n) is 7.25. The van der Waals surface area contributed by atoms with Gasteiger partial charge in [0.05, 0.1) is 41.1 Å². The number of allylic oxidation sites excluding steroid dienone is 2. The lowest BCUT2D eigenvalue weighted by molar-refractivity contribution is 0.123. The zero-order chi connectivity index (χ0) is 24.5. The highest BCUT2D eigenvalue weighted by molar-refractivity contribution is 5.85. The summed E-state index contributed by atoms with van der Waals surface area (Å²) in [5, 5.41) is 19.3. The van der Waals surface area contributed by atoms with Crippen LogP contribution in [0, 0.1) is 35.0 Å². The number of hydrogen-bond acceptors (Lipinski definition) is 5. The second-order valence-corrected chi connectivity index (χ2v) is 10.5. The number of aromatic nitrogens is 1. The number of terminal acetylenes is 1. The predicted molar refractivity (Wildman–Crippen MR) is 132 cm³/mol. The van der Waals surface area contributed by atoms with E-state index in [0.717, 1.165) is 43.5 Å². The van der Waals surface area contributed by atoms with Crippen LogP contribution in [0.2, 0.25) is 0 Å². The molecule has 3 atom stereocenters. The molecular weight excluding hydrogens is 426 g/mol. The van der Waals surface area contributed by atoms with Crippen molar-refractivity contribution >= 4 is 18.1 Å². The Hall–Kier alpha value is -3.58. The number of fused-ring (bicyclic) bond motifs is 1. The molecule has 7 nitrogen and oxygen atoms in total. The maximum absolute atomic E-state index is 12.1. The van der Waals surface area contributed by atoms with Crippen molar-refractivity contribution in [2.45, 2.75) is 57.9 Å². The Kier molecular flexibility index (Phi) is 6.23. The number of pyridine rings is 1. The molecule has 0 saturated heterocycles. The Balaban J connectivity index is 1.45. The van der Waals surface area contributed by atoms with Crippen LogP contribution in [0.1, 0.15) is 52.1 Å². The SMILES string of the molecule is C#CC1=CC=C2N=CN(C[C@@]3(C)CCCC(CN(C(=O)O)c4ccc(C(C)(C)C#N)nc4)C3)C12. The van der Waals surface area contributed by atoms with E-state index in [2.05, 4.69) is 33.8 Å². The lowest BCUT2D eigenvalue weighted by Gasteiger charge is -2.42. The summed E-state index contributed by atoms with van der Waals surface area (Å²) >= 11 is 0. The van der Waals surface area contributed by atoms with E-state index in [0.29, 0.717) is 17.9 Å². The number of carboxylic acid groups (broad SMARTS) is 1. The molecule has 1 aliphatic heterocycles. The van der Waals surface area contributed by atoms with Gasteiger partial charge >= 0.3 is 6.09 Å². The summed E-state index contributed by atoms with van der Waals surface area (Å²) in [5.41, 5.74) is 2.42. The van der Waals surface area contributed by atoms with Gasteiger partial charge in [0.15, 0.2) is 0 Å². The standard InChI is InChI=1S/C27H31N5O2/c1-5-20-8-10-22-24(20)31(18-30-22)17-27(4)12-6-7-19(13-27)15-32(25(33)34)21-9-11-23(29-14-21)26(2,3)16-28/h1,8-11,14,18-19,24H,6-7,12-13,15,17H2,2-4H3,(H,33,34)/t19?,24?,27-/m0/s1.